The molecule has 0 aliphatic rings. The molecule has 1 aromatic carbocycles. The van der Waals surface area contributed by atoms with E-state index in [2.05, 4.69) is 23.8 Å². The number of aryl methyl sites for hydroxylation is 1. The molecule has 0 N–H and O–H groups in total. The first kappa shape index (κ1) is 12.5. The highest BCUT2D eigenvalue weighted by molar-refractivity contribution is 5.82. The fourth-order valence-electron chi connectivity index (χ4n) is 1.53. The third kappa shape index (κ3) is 4.30. The molecule has 0 atom stereocenters. The van der Waals surface area contributed by atoms with Crippen LogP contribution in [-0.4, -0.2) is 13.1 Å². The van der Waals surface area contributed by atoms with Crippen molar-refractivity contribution in [3.63, 3.8) is 0 Å². The van der Waals surface area contributed by atoms with Crippen molar-refractivity contribution in [3.8, 4) is 0 Å². The van der Waals surface area contributed by atoms with Gasteiger partial charge in [-0.15, -0.1) is 0 Å². The van der Waals surface area contributed by atoms with Gasteiger partial charge in [-0.3, -0.25) is 0 Å². The summed E-state index contributed by atoms with van der Waals surface area (Å²) in [5.41, 5.74) is 2.43. The Morgan fingerprint density at radius 3 is 2.56 bits per heavy atom. The molecular formula is C14H18O2. The Hall–Kier alpha value is -1.57. The van der Waals surface area contributed by atoms with Crippen molar-refractivity contribution in [2.24, 2.45) is 0 Å². The highest BCUT2D eigenvalue weighted by atomic mass is 16.5. The SMILES string of the molecule is CCC(=CC(=O)OC)CCc1ccccc1. The minimum absolute atomic E-state index is 0.259. The lowest BCUT2D eigenvalue weighted by atomic mass is 10.0. The second-order valence-electron chi connectivity index (χ2n) is 3.66. The summed E-state index contributed by atoms with van der Waals surface area (Å²) in [7, 11) is 1.41. The number of hydrogen-bond acceptors (Lipinski definition) is 2. The van der Waals surface area contributed by atoms with E-state index in [1.807, 2.05) is 18.2 Å². The summed E-state index contributed by atoms with van der Waals surface area (Å²) in [6.07, 6.45) is 4.37. The first-order valence-corrected chi connectivity index (χ1v) is 5.57. The van der Waals surface area contributed by atoms with E-state index in [9.17, 15) is 4.79 Å². The Morgan fingerprint density at radius 2 is 2.00 bits per heavy atom. The van der Waals surface area contributed by atoms with E-state index in [1.54, 1.807) is 6.08 Å². The average molecular weight is 218 g/mol. The second-order valence-corrected chi connectivity index (χ2v) is 3.66. The highest BCUT2D eigenvalue weighted by Crippen LogP contribution is 2.12. The van der Waals surface area contributed by atoms with Crippen molar-refractivity contribution in [2.75, 3.05) is 7.11 Å². The zero-order valence-electron chi connectivity index (χ0n) is 9.90. The largest absolute Gasteiger partial charge is 0.466 e. The number of benzene rings is 1. The van der Waals surface area contributed by atoms with Gasteiger partial charge in [0, 0.05) is 6.08 Å². The van der Waals surface area contributed by atoms with Crippen LogP contribution in [0.1, 0.15) is 25.3 Å². The van der Waals surface area contributed by atoms with E-state index in [1.165, 1.54) is 12.7 Å². The zero-order valence-corrected chi connectivity index (χ0v) is 9.90. The molecule has 0 fully saturated rings. The van der Waals surface area contributed by atoms with Gasteiger partial charge in [-0.1, -0.05) is 42.8 Å². The lowest BCUT2D eigenvalue weighted by Crippen LogP contribution is -1.98. The number of methoxy groups -OCH3 is 1. The maximum absolute atomic E-state index is 11.1. The number of ether oxygens (including phenoxy) is 1. The van der Waals surface area contributed by atoms with Crippen LogP contribution in [0.5, 0.6) is 0 Å². The van der Waals surface area contributed by atoms with E-state index in [-0.39, 0.29) is 5.97 Å². The molecule has 0 amide bonds. The third-order valence-electron chi connectivity index (χ3n) is 2.55. The first-order valence-electron chi connectivity index (χ1n) is 5.57. The Balaban J connectivity index is 2.52. The number of hydrogen-bond donors (Lipinski definition) is 0. The van der Waals surface area contributed by atoms with Gasteiger partial charge in [0.25, 0.3) is 0 Å². The highest BCUT2D eigenvalue weighted by Gasteiger charge is 2.00. The van der Waals surface area contributed by atoms with Crippen molar-refractivity contribution < 1.29 is 9.53 Å². The smallest absolute Gasteiger partial charge is 0.330 e. The normalized spacial score (nSPS) is 11.2. The molecule has 0 aliphatic carbocycles. The molecule has 0 bridgehead atoms. The van der Waals surface area contributed by atoms with Gasteiger partial charge in [0.15, 0.2) is 0 Å². The Bertz CT molecular complexity index is 352. The number of allylic oxidation sites excluding steroid dienone is 1. The summed E-state index contributed by atoms with van der Waals surface area (Å²) < 4.78 is 4.62. The van der Waals surface area contributed by atoms with Gasteiger partial charge in [0.05, 0.1) is 7.11 Å². The number of rotatable bonds is 5. The van der Waals surface area contributed by atoms with E-state index in [4.69, 9.17) is 0 Å². The van der Waals surface area contributed by atoms with Crippen LogP contribution < -0.4 is 0 Å². The van der Waals surface area contributed by atoms with Crippen LogP contribution in [0.3, 0.4) is 0 Å². The lowest BCUT2D eigenvalue weighted by molar-refractivity contribution is -0.134. The molecule has 2 nitrogen and oxygen atoms in total. The molecule has 0 saturated heterocycles. The van der Waals surface area contributed by atoms with E-state index < -0.39 is 0 Å². The summed E-state index contributed by atoms with van der Waals surface area (Å²) in [4.78, 5) is 11.1. The zero-order chi connectivity index (χ0) is 11.8. The third-order valence-corrected chi connectivity index (χ3v) is 2.55. The molecule has 0 heterocycles. The van der Waals surface area contributed by atoms with Crippen molar-refractivity contribution in [2.45, 2.75) is 26.2 Å². The predicted octanol–water partition coefficient (Wildman–Crippen LogP) is 3.13. The summed E-state index contributed by atoms with van der Waals surface area (Å²) in [6.45, 7) is 2.06. The quantitative estimate of drug-likeness (QED) is 0.560. The molecule has 2 heteroatoms. The molecule has 1 aromatic rings. The minimum atomic E-state index is -0.259. The van der Waals surface area contributed by atoms with Crippen LogP contribution in [0, 0.1) is 0 Å². The van der Waals surface area contributed by atoms with Crippen molar-refractivity contribution in [1.29, 1.82) is 0 Å². The summed E-state index contributed by atoms with van der Waals surface area (Å²) in [5, 5.41) is 0. The number of carbonyl (C=O) groups excluding carboxylic acids is 1. The Morgan fingerprint density at radius 1 is 1.31 bits per heavy atom. The average Bonchev–Trinajstić information content (AvgIpc) is 2.35. The van der Waals surface area contributed by atoms with Gasteiger partial charge in [-0.25, -0.2) is 4.79 Å². The molecule has 0 saturated carbocycles. The summed E-state index contributed by atoms with van der Waals surface area (Å²) in [5.74, 6) is -0.259. The van der Waals surface area contributed by atoms with Gasteiger partial charge >= 0.3 is 5.97 Å². The van der Waals surface area contributed by atoms with Crippen LogP contribution in [0.4, 0.5) is 0 Å². The lowest BCUT2D eigenvalue weighted by Gasteiger charge is -2.04. The maximum Gasteiger partial charge on any atom is 0.330 e. The summed E-state index contributed by atoms with van der Waals surface area (Å²) in [6, 6.07) is 10.3. The van der Waals surface area contributed by atoms with Crippen LogP contribution in [0.25, 0.3) is 0 Å². The van der Waals surface area contributed by atoms with E-state index in [0.29, 0.717) is 0 Å². The molecule has 0 unspecified atom stereocenters. The van der Waals surface area contributed by atoms with Crippen LogP contribution in [0.15, 0.2) is 42.0 Å². The van der Waals surface area contributed by atoms with E-state index >= 15 is 0 Å². The van der Waals surface area contributed by atoms with Crippen LogP contribution >= 0.6 is 0 Å². The fraction of sp³-hybridized carbons (Fsp3) is 0.357. The molecule has 0 aliphatic heterocycles. The molecule has 1 rings (SSSR count). The van der Waals surface area contributed by atoms with Crippen molar-refractivity contribution in [3.05, 3.63) is 47.5 Å². The molecule has 0 radical (unpaired) electrons. The maximum atomic E-state index is 11.1. The standard InChI is InChI=1S/C14H18O2/c1-3-12(11-14(15)16-2)9-10-13-7-5-4-6-8-13/h4-8,11H,3,9-10H2,1-2H3. The molecule has 0 spiro atoms. The topological polar surface area (TPSA) is 26.3 Å². The second kappa shape index (κ2) is 6.83. The first-order chi connectivity index (χ1) is 7.76. The van der Waals surface area contributed by atoms with Gasteiger partial charge in [0.1, 0.15) is 0 Å². The minimum Gasteiger partial charge on any atom is -0.466 e. The molecular weight excluding hydrogens is 200 g/mol. The number of esters is 1. The van der Waals surface area contributed by atoms with Gasteiger partial charge in [0.2, 0.25) is 0 Å². The monoisotopic (exact) mass is 218 g/mol. The predicted molar refractivity (Wildman–Crippen MR) is 65.2 cm³/mol. The van der Waals surface area contributed by atoms with Gasteiger partial charge in [-0.2, -0.15) is 0 Å². The van der Waals surface area contributed by atoms with Crippen molar-refractivity contribution >= 4 is 5.97 Å². The summed E-state index contributed by atoms with van der Waals surface area (Å²) >= 11 is 0. The molecule has 16 heavy (non-hydrogen) atoms. The molecule has 0 aromatic heterocycles. The number of carbonyl (C=O) groups is 1. The Kier molecular flexibility index (Phi) is 5.34. The Labute approximate surface area is 96.9 Å². The van der Waals surface area contributed by atoms with E-state index in [0.717, 1.165) is 24.8 Å². The van der Waals surface area contributed by atoms with Crippen LogP contribution in [0.2, 0.25) is 0 Å². The van der Waals surface area contributed by atoms with Crippen LogP contribution in [-0.2, 0) is 16.0 Å². The van der Waals surface area contributed by atoms with Gasteiger partial charge in [-0.05, 0) is 24.8 Å². The molecule has 86 valence electrons. The van der Waals surface area contributed by atoms with Crippen molar-refractivity contribution in [1.82, 2.24) is 0 Å². The fourth-order valence-corrected chi connectivity index (χ4v) is 1.53. The van der Waals surface area contributed by atoms with Gasteiger partial charge < -0.3 is 4.74 Å².